The molecule has 1 aliphatic heterocycles. The summed E-state index contributed by atoms with van der Waals surface area (Å²) in [4.78, 5) is 14.9. The zero-order valence-electron chi connectivity index (χ0n) is 14.7. The van der Waals surface area contributed by atoms with E-state index in [1.807, 2.05) is 19.2 Å². The van der Waals surface area contributed by atoms with Crippen LogP contribution in [0.5, 0.6) is 5.75 Å². The number of amides is 1. The molecule has 2 heterocycles. The minimum absolute atomic E-state index is 0.110. The Labute approximate surface area is 153 Å². The summed E-state index contributed by atoms with van der Waals surface area (Å²) in [6.07, 6.45) is 4.13. The lowest BCUT2D eigenvalue weighted by molar-refractivity contribution is 0.0930. The second-order valence-electron chi connectivity index (χ2n) is 6.40. The van der Waals surface area contributed by atoms with Crippen molar-refractivity contribution >= 4 is 17.5 Å². The molecule has 1 aromatic heterocycles. The maximum atomic E-state index is 12.5. The van der Waals surface area contributed by atoms with Gasteiger partial charge in [-0.25, -0.2) is 0 Å². The largest absolute Gasteiger partial charge is 0.497 e. The molecule has 1 saturated heterocycles. The predicted octanol–water partition coefficient (Wildman–Crippen LogP) is 3.25. The number of ether oxygens (including phenoxy) is 1. The van der Waals surface area contributed by atoms with Gasteiger partial charge >= 0.3 is 0 Å². The van der Waals surface area contributed by atoms with E-state index in [0.29, 0.717) is 17.3 Å². The van der Waals surface area contributed by atoms with Crippen molar-refractivity contribution in [3.05, 3.63) is 52.8 Å². The first kappa shape index (κ1) is 17.8. The topological polar surface area (TPSA) is 46.5 Å². The second kappa shape index (κ2) is 7.93. The highest BCUT2D eigenvalue weighted by Gasteiger charge is 2.25. The maximum absolute atomic E-state index is 12.5. The number of hydrogen-bond donors (Lipinski definition) is 1. The van der Waals surface area contributed by atoms with Crippen LogP contribution in [0, 0.1) is 0 Å². The molecule has 0 saturated carbocycles. The molecular weight excluding hydrogens is 338 g/mol. The molecule has 1 aromatic carbocycles. The van der Waals surface area contributed by atoms with Crippen LogP contribution < -0.4 is 10.1 Å². The van der Waals surface area contributed by atoms with Gasteiger partial charge in [0.2, 0.25) is 0 Å². The van der Waals surface area contributed by atoms with E-state index in [9.17, 15) is 4.79 Å². The third-order valence-electron chi connectivity index (χ3n) is 4.72. The standard InChI is InChI=1S/C19H24ClN3O2/c1-22-13-15(20)11-17(22)19(24)21-12-18(23-8-3-4-9-23)14-6-5-7-16(10-14)25-2/h5-7,10-11,13,18H,3-4,8-9,12H2,1-2H3,(H,21,24)/t18-/m0/s1. The Balaban J connectivity index is 1.75. The van der Waals surface area contributed by atoms with Gasteiger partial charge in [-0.1, -0.05) is 23.7 Å². The fourth-order valence-corrected chi connectivity index (χ4v) is 3.64. The van der Waals surface area contributed by atoms with Crippen LogP contribution in [0.3, 0.4) is 0 Å². The second-order valence-corrected chi connectivity index (χ2v) is 6.84. The summed E-state index contributed by atoms with van der Waals surface area (Å²) in [5.41, 5.74) is 1.72. The van der Waals surface area contributed by atoms with Gasteiger partial charge in [-0.15, -0.1) is 0 Å². The minimum atomic E-state index is -0.110. The summed E-state index contributed by atoms with van der Waals surface area (Å²) in [7, 11) is 3.49. The molecule has 3 rings (SSSR count). The number of aromatic nitrogens is 1. The number of methoxy groups -OCH3 is 1. The van der Waals surface area contributed by atoms with Gasteiger partial charge in [0.05, 0.1) is 18.2 Å². The molecule has 0 aliphatic carbocycles. The highest BCUT2D eigenvalue weighted by Crippen LogP contribution is 2.27. The Kier molecular flexibility index (Phi) is 5.66. The van der Waals surface area contributed by atoms with Gasteiger partial charge in [-0.3, -0.25) is 9.69 Å². The Hall–Kier alpha value is -1.98. The molecule has 1 fully saturated rings. The highest BCUT2D eigenvalue weighted by atomic mass is 35.5. The van der Waals surface area contributed by atoms with E-state index >= 15 is 0 Å². The van der Waals surface area contributed by atoms with Crippen molar-refractivity contribution in [2.45, 2.75) is 18.9 Å². The number of halogens is 1. The summed E-state index contributed by atoms with van der Waals surface area (Å²) >= 11 is 5.98. The first-order valence-corrected chi connectivity index (χ1v) is 8.94. The lowest BCUT2D eigenvalue weighted by Gasteiger charge is -2.28. The average molecular weight is 362 g/mol. The van der Waals surface area contributed by atoms with E-state index in [1.54, 1.807) is 23.9 Å². The number of carbonyl (C=O) groups excluding carboxylic acids is 1. The van der Waals surface area contributed by atoms with Crippen LogP contribution >= 0.6 is 11.6 Å². The third kappa shape index (κ3) is 4.17. The Morgan fingerprint density at radius 1 is 1.32 bits per heavy atom. The molecule has 2 aromatic rings. The molecule has 5 nitrogen and oxygen atoms in total. The molecule has 6 heteroatoms. The van der Waals surface area contributed by atoms with E-state index in [4.69, 9.17) is 16.3 Å². The molecule has 1 N–H and O–H groups in total. The van der Waals surface area contributed by atoms with Gasteiger partial charge in [0.15, 0.2) is 0 Å². The van der Waals surface area contributed by atoms with E-state index in [1.165, 1.54) is 12.8 Å². The number of benzene rings is 1. The summed E-state index contributed by atoms with van der Waals surface area (Å²) in [6.45, 7) is 2.65. The Morgan fingerprint density at radius 2 is 2.08 bits per heavy atom. The fourth-order valence-electron chi connectivity index (χ4n) is 3.39. The molecular formula is C19H24ClN3O2. The van der Waals surface area contributed by atoms with Crippen LogP contribution in [0.25, 0.3) is 0 Å². The van der Waals surface area contributed by atoms with Crippen molar-refractivity contribution in [3.8, 4) is 5.75 Å². The molecule has 1 atom stereocenters. The van der Waals surface area contributed by atoms with E-state index < -0.39 is 0 Å². The van der Waals surface area contributed by atoms with Crippen LogP contribution in [0.1, 0.15) is 34.9 Å². The van der Waals surface area contributed by atoms with Crippen molar-refractivity contribution in [3.63, 3.8) is 0 Å². The highest BCUT2D eigenvalue weighted by molar-refractivity contribution is 6.31. The normalized spacial score (nSPS) is 16.0. The third-order valence-corrected chi connectivity index (χ3v) is 4.93. The van der Waals surface area contributed by atoms with E-state index in [2.05, 4.69) is 22.3 Å². The summed E-state index contributed by atoms with van der Waals surface area (Å²) in [6, 6.07) is 9.90. The number of aryl methyl sites for hydroxylation is 1. The zero-order valence-corrected chi connectivity index (χ0v) is 15.4. The molecule has 134 valence electrons. The average Bonchev–Trinajstić information content (AvgIpc) is 3.25. The van der Waals surface area contributed by atoms with E-state index in [-0.39, 0.29) is 11.9 Å². The first-order valence-electron chi connectivity index (χ1n) is 8.56. The van der Waals surface area contributed by atoms with Crippen molar-refractivity contribution < 1.29 is 9.53 Å². The van der Waals surface area contributed by atoms with Crippen LogP contribution in [-0.4, -0.2) is 42.1 Å². The van der Waals surface area contributed by atoms with Crippen LogP contribution in [0.4, 0.5) is 0 Å². The molecule has 25 heavy (non-hydrogen) atoms. The summed E-state index contributed by atoms with van der Waals surface area (Å²) in [5.74, 6) is 0.726. The van der Waals surface area contributed by atoms with Gasteiger partial charge in [-0.05, 0) is 49.7 Å². The Bertz CT molecular complexity index is 738. The van der Waals surface area contributed by atoms with Gasteiger partial charge in [0.25, 0.3) is 5.91 Å². The molecule has 0 bridgehead atoms. The van der Waals surface area contributed by atoms with Crippen molar-refractivity contribution in [2.24, 2.45) is 7.05 Å². The number of carbonyl (C=O) groups is 1. The number of nitrogens with zero attached hydrogens (tertiary/aromatic N) is 2. The zero-order chi connectivity index (χ0) is 17.8. The van der Waals surface area contributed by atoms with Gasteiger partial charge in [0.1, 0.15) is 11.4 Å². The van der Waals surface area contributed by atoms with Crippen LogP contribution in [0.15, 0.2) is 36.5 Å². The number of nitrogens with one attached hydrogen (secondary N) is 1. The quantitative estimate of drug-likeness (QED) is 0.859. The minimum Gasteiger partial charge on any atom is -0.497 e. The summed E-state index contributed by atoms with van der Waals surface area (Å²) < 4.78 is 7.10. The molecule has 0 unspecified atom stereocenters. The van der Waals surface area contributed by atoms with Crippen molar-refractivity contribution in [1.82, 2.24) is 14.8 Å². The van der Waals surface area contributed by atoms with Gasteiger partial charge in [0, 0.05) is 19.8 Å². The maximum Gasteiger partial charge on any atom is 0.268 e. The lowest BCUT2D eigenvalue weighted by Crippen LogP contribution is -2.37. The molecule has 0 spiro atoms. The fraction of sp³-hybridized carbons (Fsp3) is 0.421. The van der Waals surface area contributed by atoms with E-state index in [0.717, 1.165) is 24.4 Å². The lowest BCUT2D eigenvalue weighted by atomic mass is 10.0. The van der Waals surface area contributed by atoms with Gasteiger partial charge in [-0.2, -0.15) is 0 Å². The van der Waals surface area contributed by atoms with Crippen LogP contribution in [-0.2, 0) is 7.05 Å². The van der Waals surface area contributed by atoms with Crippen molar-refractivity contribution in [1.29, 1.82) is 0 Å². The SMILES string of the molecule is COc1cccc([C@H](CNC(=O)c2cc(Cl)cn2C)N2CCCC2)c1. The first-order chi connectivity index (χ1) is 12.1. The molecule has 1 aliphatic rings. The predicted molar refractivity (Wildman–Crippen MR) is 99.3 cm³/mol. The van der Waals surface area contributed by atoms with Gasteiger partial charge < -0.3 is 14.6 Å². The monoisotopic (exact) mass is 361 g/mol. The summed E-state index contributed by atoms with van der Waals surface area (Å²) in [5, 5.41) is 3.63. The molecule has 0 radical (unpaired) electrons. The Morgan fingerprint density at radius 3 is 2.72 bits per heavy atom. The van der Waals surface area contributed by atoms with Crippen molar-refractivity contribution in [2.75, 3.05) is 26.7 Å². The molecule has 1 amide bonds. The van der Waals surface area contributed by atoms with Crippen LogP contribution in [0.2, 0.25) is 5.02 Å². The number of likely N-dealkylation sites (tertiary alicyclic amines) is 1. The number of rotatable bonds is 6. The number of hydrogen-bond acceptors (Lipinski definition) is 3. The smallest absolute Gasteiger partial charge is 0.268 e.